The fourth-order valence-electron chi connectivity index (χ4n) is 3.58. The summed E-state index contributed by atoms with van der Waals surface area (Å²) in [6.45, 7) is 3.87. The monoisotopic (exact) mass is 398 g/mol. The minimum atomic E-state index is -0.448. The van der Waals surface area contributed by atoms with E-state index in [1.54, 1.807) is 18.2 Å². The summed E-state index contributed by atoms with van der Waals surface area (Å²) in [5.74, 6) is -0.415. The second-order valence-corrected chi connectivity index (χ2v) is 7.67. The van der Waals surface area contributed by atoms with Gasteiger partial charge < -0.3 is 15.4 Å². The first-order valence-corrected chi connectivity index (χ1v) is 10.1. The average Bonchev–Trinajstić information content (AvgIpc) is 2.71. The van der Waals surface area contributed by atoms with Crippen molar-refractivity contribution in [3.8, 4) is 5.75 Å². The van der Waals surface area contributed by atoms with Crippen molar-refractivity contribution in [1.82, 2.24) is 0 Å². The number of benzene rings is 2. The maximum Gasteiger partial charge on any atom is 0.227 e. The highest BCUT2D eigenvalue weighted by molar-refractivity contribution is 5.95. The second-order valence-electron chi connectivity index (χ2n) is 7.67. The van der Waals surface area contributed by atoms with E-state index in [1.165, 1.54) is 6.07 Å². The molecule has 0 unspecified atom stereocenters. The topological polar surface area (TPSA) is 67.4 Å². The normalized spacial score (nSPS) is 18.9. The fourth-order valence-corrected chi connectivity index (χ4v) is 3.58. The van der Waals surface area contributed by atoms with Crippen molar-refractivity contribution in [1.29, 1.82) is 0 Å². The second kappa shape index (κ2) is 9.54. The van der Waals surface area contributed by atoms with Gasteiger partial charge in [-0.25, -0.2) is 4.39 Å². The number of para-hydroxylation sites is 3. The van der Waals surface area contributed by atoms with E-state index >= 15 is 0 Å². The first kappa shape index (κ1) is 20.8. The molecule has 154 valence electrons. The van der Waals surface area contributed by atoms with Crippen molar-refractivity contribution in [2.24, 2.45) is 11.8 Å². The molecule has 1 aliphatic carbocycles. The molecule has 1 saturated carbocycles. The van der Waals surface area contributed by atoms with Crippen molar-refractivity contribution >= 4 is 23.2 Å². The Balaban J connectivity index is 1.53. The van der Waals surface area contributed by atoms with Gasteiger partial charge in [0.15, 0.2) is 0 Å². The number of hydrogen-bond acceptors (Lipinski definition) is 3. The van der Waals surface area contributed by atoms with Crippen LogP contribution in [0, 0.1) is 17.7 Å². The number of halogens is 1. The lowest BCUT2D eigenvalue weighted by molar-refractivity contribution is -0.125. The van der Waals surface area contributed by atoms with Crippen molar-refractivity contribution in [3.63, 3.8) is 0 Å². The molecule has 2 aromatic carbocycles. The highest BCUT2D eigenvalue weighted by Gasteiger charge is 2.30. The summed E-state index contributed by atoms with van der Waals surface area (Å²) in [5.41, 5.74) is 0.852. The van der Waals surface area contributed by atoms with E-state index in [1.807, 2.05) is 38.1 Å². The number of amides is 2. The predicted molar refractivity (Wildman–Crippen MR) is 111 cm³/mol. The summed E-state index contributed by atoms with van der Waals surface area (Å²) < 4.78 is 19.5. The van der Waals surface area contributed by atoms with Crippen LogP contribution >= 0.6 is 0 Å². The number of hydrogen-bond donors (Lipinski definition) is 2. The lowest BCUT2D eigenvalue weighted by atomic mass is 9.81. The zero-order valence-corrected chi connectivity index (χ0v) is 16.8. The molecule has 1 fully saturated rings. The molecule has 6 heteroatoms. The fraction of sp³-hybridized carbons (Fsp3) is 0.391. The van der Waals surface area contributed by atoms with Crippen LogP contribution in [0.25, 0.3) is 0 Å². The molecule has 29 heavy (non-hydrogen) atoms. The van der Waals surface area contributed by atoms with Crippen LogP contribution in [-0.2, 0) is 9.59 Å². The van der Waals surface area contributed by atoms with Gasteiger partial charge in [-0.05, 0) is 63.8 Å². The van der Waals surface area contributed by atoms with E-state index in [9.17, 15) is 14.0 Å². The Morgan fingerprint density at radius 2 is 1.34 bits per heavy atom. The van der Waals surface area contributed by atoms with Crippen LogP contribution in [0.5, 0.6) is 5.75 Å². The standard InChI is InChI=1S/C23H27FN2O3/c1-15(2)29-21-10-6-5-9-20(21)26-23(28)17-13-11-16(12-14-17)22(27)25-19-8-4-3-7-18(19)24/h3-10,15-17H,11-14H2,1-2H3,(H,25,27)(H,26,28). The van der Waals surface area contributed by atoms with E-state index in [4.69, 9.17) is 4.74 Å². The molecule has 3 rings (SSSR count). The minimum Gasteiger partial charge on any atom is -0.489 e. The number of nitrogens with one attached hydrogen (secondary N) is 2. The van der Waals surface area contributed by atoms with Gasteiger partial charge >= 0.3 is 0 Å². The SMILES string of the molecule is CC(C)Oc1ccccc1NC(=O)C1CCC(C(=O)Nc2ccccc2F)CC1. The smallest absolute Gasteiger partial charge is 0.227 e. The zero-order valence-electron chi connectivity index (χ0n) is 16.8. The van der Waals surface area contributed by atoms with Gasteiger partial charge in [-0.1, -0.05) is 24.3 Å². The van der Waals surface area contributed by atoms with Crippen LogP contribution in [0.15, 0.2) is 48.5 Å². The van der Waals surface area contributed by atoms with Crippen molar-refractivity contribution < 1.29 is 18.7 Å². The maximum absolute atomic E-state index is 13.7. The predicted octanol–water partition coefficient (Wildman–Crippen LogP) is 5.00. The highest BCUT2D eigenvalue weighted by Crippen LogP contribution is 2.32. The molecule has 2 aromatic rings. The maximum atomic E-state index is 13.7. The van der Waals surface area contributed by atoms with Crippen LogP contribution in [-0.4, -0.2) is 17.9 Å². The lowest BCUT2D eigenvalue weighted by Crippen LogP contribution is -2.32. The van der Waals surface area contributed by atoms with Crippen LogP contribution < -0.4 is 15.4 Å². The summed E-state index contributed by atoms with van der Waals surface area (Å²) in [5, 5.41) is 5.62. The molecule has 0 bridgehead atoms. The van der Waals surface area contributed by atoms with E-state index in [0.717, 1.165) is 0 Å². The van der Waals surface area contributed by atoms with Gasteiger partial charge in [0.05, 0.1) is 17.5 Å². The van der Waals surface area contributed by atoms with Gasteiger partial charge in [-0.3, -0.25) is 9.59 Å². The van der Waals surface area contributed by atoms with Gasteiger partial charge in [0.2, 0.25) is 11.8 Å². The summed E-state index contributed by atoms with van der Waals surface area (Å²) >= 11 is 0. The first-order chi connectivity index (χ1) is 13.9. The van der Waals surface area contributed by atoms with E-state index in [2.05, 4.69) is 10.6 Å². The molecule has 5 nitrogen and oxygen atoms in total. The molecule has 0 spiro atoms. The van der Waals surface area contributed by atoms with Gasteiger partial charge in [0.25, 0.3) is 0 Å². The molecule has 0 aromatic heterocycles. The Kier molecular flexibility index (Phi) is 6.86. The Morgan fingerprint density at radius 1 is 0.862 bits per heavy atom. The highest BCUT2D eigenvalue weighted by atomic mass is 19.1. The van der Waals surface area contributed by atoms with E-state index in [0.29, 0.717) is 37.1 Å². The molecule has 1 aliphatic rings. The summed E-state index contributed by atoms with van der Waals surface area (Å²) in [6, 6.07) is 13.5. The van der Waals surface area contributed by atoms with Crippen LogP contribution in [0.3, 0.4) is 0 Å². The molecule has 0 aliphatic heterocycles. The molecule has 0 radical (unpaired) electrons. The third-order valence-corrected chi connectivity index (χ3v) is 5.11. The van der Waals surface area contributed by atoms with Gasteiger partial charge in [-0.15, -0.1) is 0 Å². The Morgan fingerprint density at radius 3 is 1.90 bits per heavy atom. The van der Waals surface area contributed by atoms with E-state index < -0.39 is 5.82 Å². The third-order valence-electron chi connectivity index (χ3n) is 5.11. The molecule has 0 atom stereocenters. The van der Waals surface area contributed by atoms with Crippen LogP contribution in [0.4, 0.5) is 15.8 Å². The van der Waals surface area contributed by atoms with Crippen molar-refractivity contribution in [2.75, 3.05) is 10.6 Å². The van der Waals surface area contributed by atoms with Crippen molar-refractivity contribution in [3.05, 3.63) is 54.3 Å². The Hall–Kier alpha value is -2.89. The first-order valence-electron chi connectivity index (χ1n) is 10.1. The summed E-state index contributed by atoms with van der Waals surface area (Å²) in [6.07, 6.45) is 2.45. The van der Waals surface area contributed by atoms with E-state index in [-0.39, 0.29) is 35.4 Å². The number of ether oxygens (including phenoxy) is 1. The minimum absolute atomic E-state index is 0.0106. The van der Waals surface area contributed by atoms with Crippen molar-refractivity contribution in [2.45, 2.75) is 45.6 Å². The molecule has 0 heterocycles. The molecular formula is C23H27FN2O3. The number of rotatable bonds is 6. The number of anilines is 2. The largest absolute Gasteiger partial charge is 0.489 e. The summed E-state index contributed by atoms with van der Waals surface area (Å²) in [7, 11) is 0. The lowest BCUT2D eigenvalue weighted by Gasteiger charge is -2.27. The van der Waals surface area contributed by atoms with Crippen LogP contribution in [0.1, 0.15) is 39.5 Å². The zero-order chi connectivity index (χ0) is 20.8. The quantitative estimate of drug-likeness (QED) is 0.720. The Bertz CT molecular complexity index is 861. The Labute approximate surface area is 170 Å². The van der Waals surface area contributed by atoms with Crippen LogP contribution in [0.2, 0.25) is 0 Å². The van der Waals surface area contributed by atoms with Gasteiger partial charge in [-0.2, -0.15) is 0 Å². The average molecular weight is 398 g/mol. The third kappa shape index (κ3) is 5.56. The van der Waals surface area contributed by atoms with Gasteiger partial charge in [0.1, 0.15) is 11.6 Å². The van der Waals surface area contributed by atoms with Gasteiger partial charge in [0, 0.05) is 11.8 Å². The molecule has 2 N–H and O–H groups in total. The molecular weight excluding hydrogens is 371 g/mol. The molecule has 2 amide bonds. The molecule has 0 saturated heterocycles. The number of carbonyl (C=O) groups is 2. The number of carbonyl (C=O) groups excluding carboxylic acids is 2. The summed E-state index contributed by atoms with van der Waals surface area (Å²) in [4.78, 5) is 25.1.